The average Bonchev–Trinajstić information content (AvgIpc) is 2.80. The minimum atomic E-state index is -0.0951. The summed E-state index contributed by atoms with van der Waals surface area (Å²) in [6.45, 7) is 1.10. The van der Waals surface area contributed by atoms with Gasteiger partial charge in [0, 0.05) is 18.5 Å². The van der Waals surface area contributed by atoms with Gasteiger partial charge in [-0.05, 0) is 31.4 Å². The zero-order valence-electron chi connectivity index (χ0n) is 11.4. The lowest BCUT2D eigenvalue weighted by Crippen LogP contribution is -2.27. The number of phenols is 1. The molecule has 112 valence electrons. The van der Waals surface area contributed by atoms with Gasteiger partial charge in [0.2, 0.25) is 0 Å². The van der Waals surface area contributed by atoms with Crippen LogP contribution >= 0.6 is 23.2 Å². The molecule has 0 unspecified atom stereocenters. The molecule has 1 N–H and O–H groups in total. The van der Waals surface area contributed by atoms with E-state index in [0.29, 0.717) is 28.6 Å². The number of aromatic nitrogens is 3. The van der Waals surface area contributed by atoms with Gasteiger partial charge in [-0.25, -0.2) is 9.48 Å². The zero-order valence-corrected chi connectivity index (χ0v) is 12.9. The second-order valence-corrected chi connectivity index (χ2v) is 5.92. The number of hydrogen-bond donors (Lipinski definition) is 1. The Kier molecular flexibility index (Phi) is 3.95. The largest absolute Gasteiger partial charge is 0.508 e. The molecule has 0 fully saturated rings. The fraction of sp³-hybridized carbons (Fsp3) is 0.429. The van der Waals surface area contributed by atoms with Gasteiger partial charge in [0.1, 0.15) is 11.6 Å². The first-order valence-corrected chi connectivity index (χ1v) is 7.66. The highest BCUT2D eigenvalue weighted by atomic mass is 35.5. The van der Waals surface area contributed by atoms with E-state index in [1.165, 1.54) is 10.7 Å². The maximum Gasteiger partial charge on any atom is 0.345 e. The van der Waals surface area contributed by atoms with Gasteiger partial charge in [0.05, 0.1) is 16.6 Å². The Morgan fingerprint density at radius 3 is 2.86 bits per heavy atom. The molecule has 1 aromatic heterocycles. The van der Waals surface area contributed by atoms with Crippen molar-refractivity contribution in [3.8, 4) is 5.75 Å². The van der Waals surface area contributed by atoms with Gasteiger partial charge in [-0.3, -0.25) is 4.57 Å². The van der Waals surface area contributed by atoms with Crippen LogP contribution in [0.2, 0.25) is 10.0 Å². The molecule has 0 atom stereocenters. The predicted molar refractivity (Wildman–Crippen MR) is 81.3 cm³/mol. The second-order valence-electron chi connectivity index (χ2n) is 5.14. The summed E-state index contributed by atoms with van der Waals surface area (Å²) in [6, 6.07) is 3.05. The summed E-state index contributed by atoms with van der Waals surface area (Å²) in [5.41, 5.74) is 0.448. The summed E-state index contributed by atoms with van der Waals surface area (Å²) in [6.07, 6.45) is 3.32. The molecule has 1 aliphatic heterocycles. The fourth-order valence-corrected chi connectivity index (χ4v) is 3.06. The van der Waals surface area contributed by atoms with E-state index in [1.807, 2.05) is 0 Å². The Balaban J connectivity index is 1.85. The lowest BCUT2D eigenvalue weighted by Gasteiger charge is -2.09. The summed E-state index contributed by atoms with van der Waals surface area (Å²) in [4.78, 5) is 12.2. The van der Waals surface area contributed by atoms with E-state index in [1.54, 1.807) is 10.6 Å². The molecule has 7 heteroatoms. The lowest BCUT2D eigenvalue weighted by atomic mass is 10.1. The van der Waals surface area contributed by atoms with Crippen LogP contribution in [0.1, 0.15) is 24.2 Å². The van der Waals surface area contributed by atoms with Gasteiger partial charge in [0.25, 0.3) is 0 Å². The van der Waals surface area contributed by atoms with Gasteiger partial charge in [-0.15, -0.1) is 0 Å². The van der Waals surface area contributed by atoms with E-state index in [2.05, 4.69) is 5.10 Å². The van der Waals surface area contributed by atoms with Crippen molar-refractivity contribution in [3.63, 3.8) is 0 Å². The molecule has 3 rings (SSSR count). The molecule has 1 aliphatic rings. The number of phenolic OH excluding ortho intramolecular Hbond substituents is 1. The van der Waals surface area contributed by atoms with Crippen LogP contribution in [0.4, 0.5) is 0 Å². The van der Waals surface area contributed by atoms with Crippen LogP contribution in [0.15, 0.2) is 16.9 Å². The number of nitrogens with zero attached hydrogens (tertiary/aromatic N) is 3. The molecule has 1 aromatic carbocycles. The maximum atomic E-state index is 12.2. The lowest BCUT2D eigenvalue weighted by molar-refractivity contribution is 0.463. The maximum absolute atomic E-state index is 12.2. The highest BCUT2D eigenvalue weighted by Gasteiger charge is 2.17. The first-order valence-electron chi connectivity index (χ1n) is 6.90. The van der Waals surface area contributed by atoms with Gasteiger partial charge in [-0.1, -0.05) is 23.2 Å². The SMILES string of the molecule is O=c1n(CCc2c(O)ccc(Cl)c2Cl)nc2n1CCCC2. The zero-order chi connectivity index (χ0) is 15.0. The van der Waals surface area contributed by atoms with Crippen LogP contribution in [0.25, 0.3) is 0 Å². The van der Waals surface area contributed by atoms with Crippen molar-refractivity contribution in [2.24, 2.45) is 0 Å². The molecule has 0 radical (unpaired) electrons. The Morgan fingerprint density at radius 1 is 1.29 bits per heavy atom. The predicted octanol–water partition coefficient (Wildman–Crippen LogP) is 2.64. The molecular weight excluding hydrogens is 313 g/mol. The molecule has 2 aromatic rings. The smallest absolute Gasteiger partial charge is 0.345 e. The minimum Gasteiger partial charge on any atom is -0.508 e. The van der Waals surface area contributed by atoms with Gasteiger partial charge < -0.3 is 5.11 Å². The third kappa shape index (κ3) is 2.68. The summed E-state index contributed by atoms with van der Waals surface area (Å²) >= 11 is 12.1. The molecule has 0 amide bonds. The minimum absolute atomic E-state index is 0.0846. The summed E-state index contributed by atoms with van der Waals surface area (Å²) < 4.78 is 3.17. The molecule has 2 heterocycles. The van der Waals surface area contributed by atoms with Crippen molar-refractivity contribution in [2.45, 2.75) is 38.8 Å². The van der Waals surface area contributed by atoms with E-state index in [9.17, 15) is 9.90 Å². The monoisotopic (exact) mass is 327 g/mol. The van der Waals surface area contributed by atoms with Crippen molar-refractivity contribution < 1.29 is 5.11 Å². The summed E-state index contributed by atoms with van der Waals surface area (Å²) in [7, 11) is 0. The van der Waals surface area contributed by atoms with Crippen molar-refractivity contribution in [1.82, 2.24) is 14.3 Å². The number of aryl methyl sites for hydroxylation is 2. The number of aromatic hydroxyl groups is 1. The Labute approximate surface area is 131 Å². The van der Waals surface area contributed by atoms with Gasteiger partial charge in [0.15, 0.2) is 0 Å². The first kappa shape index (κ1) is 14.5. The number of hydrogen-bond acceptors (Lipinski definition) is 3. The molecule has 0 saturated carbocycles. The van der Waals surface area contributed by atoms with E-state index in [4.69, 9.17) is 23.2 Å². The quantitative estimate of drug-likeness (QED) is 0.942. The van der Waals surface area contributed by atoms with Crippen LogP contribution < -0.4 is 5.69 Å². The number of benzene rings is 1. The van der Waals surface area contributed by atoms with Crippen LogP contribution in [-0.4, -0.2) is 19.5 Å². The Morgan fingerprint density at radius 2 is 2.10 bits per heavy atom. The normalized spacial score (nSPS) is 14.2. The van der Waals surface area contributed by atoms with E-state index < -0.39 is 0 Å². The Hall–Kier alpha value is -1.46. The highest BCUT2D eigenvalue weighted by Crippen LogP contribution is 2.32. The summed E-state index contributed by atoms with van der Waals surface area (Å²) in [5, 5.41) is 14.9. The van der Waals surface area contributed by atoms with Crippen molar-refractivity contribution >= 4 is 23.2 Å². The van der Waals surface area contributed by atoms with E-state index in [0.717, 1.165) is 31.6 Å². The van der Waals surface area contributed by atoms with Gasteiger partial charge >= 0.3 is 5.69 Å². The van der Waals surface area contributed by atoms with Crippen molar-refractivity contribution in [2.75, 3.05) is 0 Å². The van der Waals surface area contributed by atoms with Crippen LogP contribution in [0.5, 0.6) is 5.75 Å². The third-order valence-electron chi connectivity index (χ3n) is 3.78. The van der Waals surface area contributed by atoms with E-state index >= 15 is 0 Å². The molecule has 21 heavy (non-hydrogen) atoms. The Bertz CT molecular complexity index is 737. The molecular formula is C14H15Cl2N3O2. The molecule has 0 aliphatic carbocycles. The topological polar surface area (TPSA) is 60.1 Å². The molecule has 0 saturated heterocycles. The van der Waals surface area contributed by atoms with Crippen molar-refractivity contribution in [3.05, 3.63) is 44.1 Å². The van der Waals surface area contributed by atoms with Crippen LogP contribution in [0, 0.1) is 0 Å². The van der Waals surface area contributed by atoms with Crippen LogP contribution in [-0.2, 0) is 25.9 Å². The van der Waals surface area contributed by atoms with Crippen molar-refractivity contribution in [1.29, 1.82) is 0 Å². The number of fused-ring (bicyclic) bond motifs is 1. The third-order valence-corrected chi connectivity index (χ3v) is 4.62. The first-order chi connectivity index (χ1) is 10.1. The van der Waals surface area contributed by atoms with Crippen LogP contribution in [0.3, 0.4) is 0 Å². The molecule has 0 bridgehead atoms. The fourth-order valence-electron chi connectivity index (χ4n) is 2.63. The number of halogens is 2. The highest BCUT2D eigenvalue weighted by molar-refractivity contribution is 6.42. The molecule has 0 spiro atoms. The molecule has 5 nitrogen and oxygen atoms in total. The second kappa shape index (κ2) is 5.73. The summed E-state index contributed by atoms with van der Waals surface area (Å²) in [5.74, 6) is 0.925. The average molecular weight is 328 g/mol. The standard InChI is InChI=1S/C14H15Cl2N3O2/c15-10-4-5-11(20)9(13(10)16)6-8-19-14(21)18-7-2-1-3-12(18)17-19/h4-5,20H,1-3,6-8H2. The number of rotatable bonds is 3. The van der Waals surface area contributed by atoms with Gasteiger partial charge in [-0.2, -0.15) is 5.10 Å². The van der Waals surface area contributed by atoms with E-state index in [-0.39, 0.29) is 11.4 Å².